The molecule has 0 unspecified atom stereocenters. The van der Waals surface area contributed by atoms with Crippen molar-refractivity contribution in [2.45, 2.75) is 78.2 Å². The summed E-state index contributed by atoms with van der Waals surface area (Å²) in [7, 11) is 0. The first-order valence-electron chi connectivity index (χ1n) is 9.53. The van der Waals surface area contributed by atoms with Gasteiger partial charge < -0.3 is 20.5 Å². The number of nitrogens with two attached hydrogens (primary N) is 1. The molecule has 28 heavy (non-hydrogen) atoms. The molecule has 0 aromatic heterocycles. The molecule has 7 heteroatoms. The highest BCUT2D eigenvalue weighted by Gasteiger charge is 2.24. The zero-order valence-corrected chi connectivity index (χ0v) is 17.4. The number of ketones is 1. The van der Waals surface area contributed by atoms with Crippen LogP contribution in [0.3, 0.4) is 0 Å². The van der Waals surface area contributed by atoms with Crippen LogP contribution in [0, 0.1) is 0 Å². The van der Waals surface area contributed by atoms with Crippen LogP contribution in [0.2, 0.25) is 0 Å². The summed E-state index contributed by atoms with van der Waals surface area (Å²) in [4.78, 5) is 34.9. The Morgan fingerprint density at radius 1 is 1.14 bits per heavy atom. The molecule has 0 fully saturated rings. The number of carbonyl (C=O) groups is 3. The van der Waals surface area contributed by atoms with Crippen LogP contribution in [-0.2, 0) is 20.9 Å². The minimum absolute atomic E-state index is 0.0916. The molecule has 0 radical (unpaired) electrons. The monoisotopic (exact) mass is 392 g/mol. The molecule has 1 aromatic rings. The van der Waals surface area contributed by atoms with E-state index in [2.05, 4.69) is 5.32 Å². The van der Waals surface area contributed by atoms with E-state index in [9.17, 15) is 14.4 Å². The van der Waals surface area contributed by atoms with Crippen molar-refractivity contribution >= 4 is 17.8 Å². The van der Waals surface area contributed by atoms with E-state index in [0.717, 1.165) is 5.56 Å². The van der Waals surface area contributed by atoms with Crippen LogP contribution < -0.4 is 11.1 Å². The Hall–Kier alpha value is -2.41. The average molecular weight is 392 g/mol. The first-order chi connectivity index (χ1) is 13.0. The molecule has 0 aliphatic heterocycles. The summed E-state index contributed by atoms with van der Waals surface area (Å²) in [6, 6.07) is 6.81. The van der Waals surface area contributed by atoms with Crippen molar-refractivity contribution in [3.63, 3.8) is 0 Å². The van der Waals surface area contributed by atoms with E-state index in [-0.39, 0.29) is 18.3 Å². The topological polar surface area (TPSA) is 108 Å². The predicted octanol–water partition coefficient (Wildman–Crippen LogP) is 3.34. The Morgan fingerprint density at radius 3 is 2.25 bits per heavy atom. The van der Waals surface area contributed by atoms with Gasteiger partial charge in [-0.1, -0.05) is 31.2 Å². The minimum Gasteiger partial charge on any atom is -0.444 e. The third-order valence-electron chi connectivity index (χ3n) is 4.08. The number of hydrogen-bond donors (Lipinski definition) is 2. The summed E-state index contributed by atoms with van der Waals surface area (Å²) < 4.78 is 11.2. The van der Waals surface area contributed by atoms with Crippen molar-refractivity contribution in [1.82, 2.24) is 5.32 Å². The van der Waals surface area contributed by atoms with E-state index >= 15 is 0 Å². The van der Waals surface area contributed by atoms with Gasteiger partial charge in [-0.2, -0.15) is 0 Å². The van der Waals surface area contributed by atoms with Crippen molar-refractivity contribution in [3.05, 3.63) is 35.4 Å². The lowest BCUT2D eigenvalue weighted by molar-refractivity contribution is -0.118. The largest absolute Gasteiger partial charge is 0.444 e. The maximum absolute atomic E-state index is 12.1. The number of carbonyl (C=O) groups excluding carboxylic acids is 3. The number of benzene rings is 1. The fourth-order valence-corrected chi connectivity index (χ4v) is 2.52. The number of Topliss-reactive ketones (excluding diaryl/α,β-unsaturated/α-hetero) is 1. The maximum Gasteiger partial charge on any atom is 0.407 e. The average Bonchev–Trinajstić information content (AvgIpc) is 2.61. The Morgan fingerprint density at radius 2 is 1.75 bits per heavy atom. The van der Waals surface area contributed by atoms with E-state index in [1.165, 1.54) is 0 Å². The van der Waals surface area contributed by atoms with Crippen molar-refractivity contribution < 1.29 is 23.9 Å². The molecule has 0 aliphatic carbocycles. The van der Waals surface area contributed by atoms with Gasteiger partial charge in [0.25, 0.3) is 0 Å². The highest BCUT2D eigenvalue weighted by atomic mass is 16.6. The Labute approximate surface area is 167 Å². The molecule has 7 nitrogen and oxygen atoms in total. The van der Waals surface area contributed by atoms with Crippen LogP contribution in [0.5, 0.6) is 0 Å². The quantitative estimate of drug-likeness (QED) is 0.594. The number of primary amides is 1. The van der Waals surface area contributed by atoms with Crippen molar-refractivity contribution in [3.8, 4) is 0 Å². The van der Waals surface area contributed by atoms with Gasteiger partial charge in [-0.25, -0.2) is 4.79 Å². The lowest BCUT2D eigenvalue weighted by atomic mass is 10.1. The van der Waals surface area contributed by atoms with Crippen molar-refractivity contribution in [2.75, 3.05) is 0 Å². The molecular formula is C21H32N2O5. The Balaban J connectivity index is 2.68. The van der Waals surface area contributed by atoms with Gasteiger partial charge in [-0.15, -0.1) is 0 Å². The zero-order valence-electron chi connectivity index (χ0n) is 17.4. The predicted molar refractivity (Wildman–Crippen MR) is 107 cm³/mol. The van der Waals surface area contributed by atoms with E-state index in [1.54, 1.807) is 32.9 Å². The maximum atomic E-state index is 12.1. The summed E-state index contributed by atoms with van der Waals surface area (Å²) in [5.74, 6) is -0.353. The van der Waals surface area contributed by atoms with Gasteiger partial charge in [0.15, 0.2) is 5.78 Å². The first kappa shape index (κ1) is 23.6. The summed E-state index contributed by atoms with van der Waals surface area (Å²) in [6.07, 6.45) is -0.00411. The fourth-order valence-electron chi connectivity index (χ4n) is 2.52. The molecule has 1 aromatic carbocycles. The minimum atomic E-state index is -0.625. The van der Waals surface area contributed by atoms with Crippen molar-refractivity contribution in [2.24, 2.45) is 5.73 Å². The molecule has 0 saturated carbocycles. The zero-order chi connectivity index (χ0) is 21.3. The molecule has 0 saturated heterocycles. The molecule has 2 atom stereocenters. The molecule has 156 valence electrons. The second-order valence-corrected chi connectivity index (χ2v) is 7.75. The lowest BCUT2D eigenvalue weighted by Gasteiger charge is -2.27. The first-order valence-corrected chi connectivity index (χ1v) is 9.53. The molecule has 2 amide bonds. The summed E-state index contributed by atoms with van der Waals surface area (Å²) in [6.45, 7) is 9.28. The van der Waals surface area contributed by atoms with Crippen LogP contribution >= 0.6 is 0 Å². The van der Waals surface area contributed by atoms with Gasteiger partial charge in [0.1, 0.15) is 5.60 Å². The highest BCUT2D eigenvalue weighted by molar-refractivity contribution is 5.95. The SMILES string of the molecule is CCC(=O)c1ccc(CO[C@H](C)[C@H](CCC(N)=O)NC(=O)OC(C)(C)C)cc1. The third kappa shape index (κ3) is 8.99. The Bertz CT molecular complexity index is 664. The fraction of sp³-hybridized carbons (Fsp3) is 0.571. The standard InChI is InChI=1S/C21H32N2O5/c1-6-18(24)16-9-7-15(8-10-16)13-27-14(2)17(11-12-19(22)25)23-20(26)28-21(3,4)5/h7-10,14,17H,6,11-13H2,1-5H3,(H2,22,25)(H,23,26)/t14-,17+/m1/s1. The smallest absolute Gasteiger partial charge is 0.407 e. The van der Waals surface area contributed by atoms with Crippen LogP contribution in [0.1, 0.15) is 69.8 Å². The number of ether oxygens (including phenoxy) is 2. The molecule has 0 heterocycles. The van der Waals surface area contributed by atoms with E-state index < -0.39 is 23.6 Å². The third-order valence-corrected chi connectivity index (χ3v) is 4.08. The summed E-state index contributed by atoms with van der Waals surface area (Å²) in [5.41, 5.74) is 6.19. The van der Waals surface area contributed by atoms with Crippen LogP contribution in [0.15, 0.2) is 24.3 Å². The van der Waals surface area contributed by atoms with Gasteiger partial charge in [-0.3, -0.25) is 9.59 Å². The molecular weight excluding hydrogens is 360 g/mol. The molecule has 0 spiro atoms. The van der Waals surface area contributed by atoms with Gasteiger partial charge in [0.05, 0.1) is 18.8 Å². The second-order valence-electron chi connectivity index (χ2n) is 7.75. The van der Waals surface area contributed by atoms with Crippen LogP contribution in [0.25, 0.3) is 0 Å². The summed E-state index contributed by atoms with van der Waals surface area (Å²) >= 11 is 0. The lowest BCUT2D eigenvalue weighted by Crippen LogP contribution is -2.45. The summed E-state index contributed by atoms with van der Waals surface area (Å²) in [5, 5.41) is 2.76. The second kappa shape index (κ2) is 10.8. The van der Waals surface area contributed by atoms with E-state index in [0.29, 0.717) is 25.0 Å². The van der Waals surface area contributed by atoms with Crippen LogP contribution in [-0.4, -0.2) is 35.5 Å². The normalized spacial score (nSPS) is 13.5. The van der Waals surface area contributed by atoms with E-state index in [1.807, 2.05) is 26.0 Å². The Kier molecular flexibility index (Phi) is 9.12. The van der Waals surface area contributed by atoms with Crippen LogP contribution in [0.4, 0.5) is 4.79 Å². The van der Waals surface area contributed by atoms with Gasteiger partial charge >= 0.3 is 6.09 Å². The molecule has 3 N–H and O–H groups in total. The molecule has 1 rings (SSSR count). The van der Waals surface area contributed by atoms with Gasteiger partial charge in [-0.05, 0) is 39.7 Å². The number of amides is 2. The van der Waals surface area contributed by atoms with Gasteiger partial charge in [0, 0.05) is 18.4 Å². The van der Waals surface area contributed by atoms with Gasteiger partial charge in [0.2, 0.25) is 5.91 Å². The molecule has 0 bridgehead atoms. The highest BCUT2D eigenvalue weighted by Crippen LogP contribution is 2.14. The number of alkyl carbamates (subject to hydrolysis) is 1. The molecule has 0 aliphatic rings. The number of rotatable bonds is 10. The number of nitrogens with one attached hydrogen (secondary N) is 1. The van der Waals surface area contributed by atoms with Crippen molar-refractivity contribution in [1.29, 1.82) is 0 Å². The number of hydrogen-bond acceptors (Lipinski definition) is 5. The van der Waals surface area contributed by atoms with E-state index in [4.69, 9.17) is 15.2 Å².